The first kappa shape index (κ1) is 34.8. The Morgan fingerprint density at radius 3 is 1.83 bits per heavy atom. The van der Waals surface area contributed by atoms with E-state index in [9.17, 15) is 0 Å². The highest BCUT2D eigenvalue weighted by atomic mass is 32.1. The molecule has 0 bridgehead atoms. The van der Waals surface area contributed by atoms with Gasteiger partial charge in [0.05, 0.1) is 21.4 Å². The number of thiophene rings is 1. The highest BCUT2D eigenvalue weighted by molar-refractivity contribution is 7.26. The van der Waals surface area contributed by atoms with Crippen molar-refractivity contribution in [2.45, 2.75) is 19.3 Å². The van der Waals surface area contributed by atoms with Crippen molar-refractivity contribution in [1.29, 1.82) is 0 Å². The minimum atomic E-state index is -0.0803. The maximum absolute atomic E-state index is 2.47. The molecule has 1 aliphatic rings. The van der Waals surface area contributed by atoms with E-state index in [1.165, 1.54) is 92.2 Å². The van der Waals surface area contributed by atoms with Gasteiger partial charge in [0.25, 0.3) is 0 Å². The Kier molecular flexibility index (Phi) is 7.79. The Morgan fingerprint density at radius 1 is 0.400 bits per heavy atom. The van der Waals surface area contributed by atoms with Crippen LogP contribution in [0, 0.1) is 0 Å². The molecule has 1 aliphatic carbocycles. The van der Waals surface area contributed by atoms with E-state index in [-0.39, 0.29) is 5.41 Å². The molecule has 0 saturated carbocycles. The lowest BCUT2D eigenvalue weighted by Crippen LogP contribution is -2.16. The van der Waals surface area contributed by atoms with Crippen LogP contribution in [0.5, 0.6) is 0 Å². The highest BCUT2D eigenvalue weighted by Gasteiger charge is 2.35. The Morgan fingerprint density at radius 2 is 1.00 bits per heavy atom. The molecular formula is C57H40N2S. The minimum absolute atomic E-state index is 0.0803. The smallest absolute Gasteiger partial charge is 0.0640 e. The minimum Gasteiger partial charge on any atom is -0.310 e. The first-order chi connectivity index (χ1) is 29.5. The molecule has 60 heavy (non-hydrogen) atoms. The molecule has 284 valence electrons. The summed E-state index contributed by atoms with van der Waals surface area (Å²) in [6, 6.07) is 76.0. The topological polar surface area (TPSA) is 8.17 Å². The van der Waals surface area contributed by atoms with Gasteiger partial charge < -0.3 is 9.47 Å². The van der Waals surface area contributed by atoms with Gasteiger partial charge in [0.2, 0.25) is 0 Å². The summed E-state index contributed by atoms with van der Waals surface area (Å²) < 4.78 is 5.10. The Hall–Kier alpha value is -7.20. The van der Waals surface area contributed by atoms with Crippen molar-refractivity contribution in [3.63, 3.8) is 0 Å². The molecule has 0 unspecified atom stereocenters. The van der Waals surface area contributed by atoms with Crippen LogP contribution < -0.4 is 4.90 Å². The summed E-state index contributed by atoms with van der Waals surface area (Å²) in [5.41, 5.74) is 17.2. The van der Waals surface area contributed by atoms with Crippen LogP contribution in [0.2, 0.25) is 0 Å². The SMILES string of the molecule is CC1(C)c2ccccc2-c2ccc(N(c3ccccc3)c3ccc(-c4ccccc4-c4ccc5c(c4)c4ccccc4n5-c4cccc5c4sc4ccccc45)cc3)cc21. The van der Waals surface area contributed by atoms with Gasteiger partial charge in [0.15, 0.2) is 0 Å². The van der Waals surface area contributed by atoms with Gasteiger partial charge in [0.1, 0.15) is 0 Å². The van der Waals surface area contributed by atoms with Crippen LogP contribution in [0.15, 0.2) is 206 Å². The lowest BCUT2D eigenvalue weighted by molar-refractivity contribution is 0.660. The van der Waals surface area contributed by atoms with E-state index in [0.717, 1.165) is 17.1 Å². The molecule has 0 atom stereocenters. The van der Waals surface area contributed by atoms with E-state index in [0.29, 0.717) is 0 Å². The third kappa shape index (κ3) is 5.26. The Labute approximate surface area is 353 Å². The summed E-state index contributed by atoms with van der Waals surface area (Å²) in [5, 5.41) is 5.14. The zero-order chi connectivity index (χ0) is 40.0. The van der Waals surface area contributed by atoms with E-state index < -0.39 is 0 Å². The number of benzene rings is 9. The van der Waals surface area contributed by atoms with Crippen molar-refractivity contribution in [1.82, 2.24) is 4.57 Å². The van der Waals surface area contributed by atoms with Gasteiger partial charge in [-0.15, -0.1) is 11.3 Å². The second-order valence-electron chi connectivity index (χ2n) is 16.5. The molecule has 0 aliphatic heterocycles. The number of hydrogen-bond acceptors (Lipinski definition) is 2. The van der Waals surface area contributed by atoms with Crippen LogP contribution in [-0.4, -0.2) is 4.57 Å². The fourth-order valence-electron chi connectivity index (χ4n) is 9.94. The fraction of sp³-hybridized carbons (Fsp3) is 0.0526. The van der Waals surface area contributed by atoms with E-state index in [1.54, 1.807) is 0 Å². The molecule has 9 aromatic carbocycles. The van der Waals surface area contributed by atoms with E-state index >= 15 is 0 Å². The lowest BCUT2D eigenvalue weighted by atomic mass is 9.82. The van der Waals surface area contributed by atoms with Gasteiger partial charge in [-0.1, -0.05) is 153 Å². The van der Waals surface area contributed by atoms with Gasteiger partial charge in [-0.3, -0.25) is 0 Å². The third-order valence-electron chi connectivity index (χ3n) is 12.8. The zero-order valence-electron chi connectivity index (χ0n) is 33.4. The van der Waals surface area contributed by atoms with Crippen LogP contribution in [0.1, 0.15) is 25.0 Å². The van der Waals surface area contributed by atoms with Crippen molar-refractivity contribution in [3.8, 4) is 39.1 Å². The summed E-state index contributed by atoms with van der Waals surface area (Å²) >= 11 is 1.88. The predicted molar refractivity (Wildman–Crippen MR) is 257 cm³/mol. The zero-order valence-corrected chi connectivity index (χ0v) is 34.2. The summed E-state index contributed by atoms with van der Waals surface area (Å²) in [6.07, 6.45) is 0. The summed E-state index contributed by atoms with van der Waals surface area (Å²) in [7, 11) is 0. The molecule has 11 aromatic rings. The van der Waals surface area contributed by atoms with Crippen LogP contribution in [0.25, 0.3) is 81.0 Å². The molecule has 0 saturated heterocycles. The van der Waals surface area contributed by atoms with Gasteiger partial charge in [0, 0.05) is 48.7 Å². The van der Waals surface area contributed by atoms with Gasteiger partial charge in [-0.2, -0.15) is 0 Å². The van der Waals surface area contributed by atoms with Crippen LogP contribution >= 0.6 is 11.3 Å². The third-order valence-corrected chi connectivity index (χ3v) is 14.0. The molecule has 3 heteroatoms. The highest BCUT2D eigenvalue weighted by Crippen LogP contribution is 2.51. The van der Waals surface area contributed by atoms with Crippen molar-refractivity contribution < 1.29 is 0 Å². The first-order valence-electron chi connectivity index (χ1n) is 20.8. The molecule has 2 heterocycles. The number of rotatable bonds is 6. The van der Waals surface area contributed by atoms with Crippen LogP contribution in [0.3, 0.4) is 0 Å². The van der Waals surface area contributed by atoms with Crippen molar-refractivity contribution in [2.75, 3.05) is 4.90 Å². The molecule has 12 rings (SSSR count). The fourth-order valence-corrected chi connectivity index (χ4v) is 11.1. The maximum atomic E-state index is 2.47. The molecule has 2 nitrogen and oxygen atoms in total. The Bertz CT molecular complexity index is 3460. The first-order valence-corrected chi connectivity index (χ1v) is 21.6. The second kappa shape index (κ2) is 13.4. The quantitative estimate of drug-likeness (QED) is 0.163. The molecule has 0 radical (unpaired) electrons. The summed E-state index contributed by atoms with van der Waals surface area (Å²) in [4.78, 5) is 2.39. The number of para-hydroxylation sites is 2. The average Bonchev–Trinajstić information content (AvgIpc) is 3.92. The Balaban J connectivity index is 0.949. The molecule has 2 aromatic heterocycles. The molecule has 0 fully saturated rings. The lowest BCUT2D eigenvalue weighted by Gasteiger charge is -2.28. The van der Waals surface area contributed by atoms with Gasteiger partial charge in [-0.25, -0.2) is 0 Å². The second-order valence-corrected chi connectivity index (χ2v) is 17.6. The van der Waals surface area contributed by atoms with Crippen LogP contribution in [-0.2, 0) is 5.41 Å². The summed E-state index contributed by atoms with van der Waals surface area (Å²) in [6.45, 7) is 4.70. The number of hydrogen-bond donors (Lipinski definition) is 0. The number of anilines is 3. The normalized spacial score (nSPS) is 13.0. The molecule has 0 spiro atoms. The molecule has 0 N–H and O–H groups in total. The standard InChI is InChI=1S/C57H40N2S/c1-57(2)50-23-11-8-19-44(50)45-33-32-41(36-51(45)57)58(39-15-4-3-5-16-39)40-30-27-37(28-31-40)42-17-6-7-18-43(42)38-29-34-53-49(35-38)46-20-9-12-24-52(46)59(53)54-25-14-22-48-47-21-10-13-26-55(47)60-56(48)54/h3-36H,1-2H3. The largest absolute Gasteiger partial charge is 0.310 e. The molecule has 0 amide bonds. The van der Waals surface area contributed by atoms with Gasteiger partial charge >= 0.3 is 0 Å². The van der Waals surface area contributed by atoms with Crippen molar-refractivity contribution in [3.05, 3.63) is 217 Å². The van der Waals surface area contributed by atoms with Gasteiger partial charge in [-0.05, 0) is 111 Å². The summed E-state index contributed by atoms with van der Waals surface area (Å²) in [5.74, 6) is 0. The number of fused-ring (bicyclic) bond motifs is 9. The number of nitrogens with zero attached hydrogens (tertiary/aromatic N) is 2. The molecular weight excluding hydrogens is 745 g/mol. The number of aromatic nitrogens is 1. The monoisotopic (exact) mass is 784 g/mol. The van der Waals surface area contributed by atoms with E-state index in [4.69, 9.17) is 0 Å². The average molecular weight is 785 g/mol. The van der Waals surface area contributed by atoms with E-state index in [2.05, 4.69) is 230 Å². The maximum Gasteiger partial charge on any atom is 0.0640 e. The van der Waals surface area contributed by atoms with E-state index in [1.807, 2.05) is 11.3 Å². The predicted octanol–water partition coefficient (Wildman–Crippen LogP) is 16.3. The van der Waals surface area contributed by atoms with Crippen molar-refractivity contribution in [2.24, 2.45) is 0 Å². The van der Waals surface area contributed by atoms with Crippen molar-refractivity contribution >= 4 is 70.4 Å². The van der Waals surface area contributed by atoms with Crippen LogP contribution in [0.4, 0.5) is 17.1 Å².